The van der Waals surface area contributed by atoms with E-state index in [9.17, 15) is 4.79 Å². The molecule has 2 aromatic heterocycles. The molecule has 2 N–H and O–H groups in total. The van der Waals surface area contributed by atoms with Gasteiger partial charge in [0.15, 0.2) is 17.4 Å². The van der Waals surface area contributed by atoms with Crippen molar-refractivity contribution in [1.29, 1.82) is 0 Å². The van der Waals surface area contributed by atoms with Crippen LogP contribution < -0.4 is 5.32 Å². The van der Waals surface area contributed by atoms with Crippen molar-refractivity contribution in [2.45, 2.75) is 13.6 Å². The number of benzene rings is 1. The molecular weight excluding hydrogens is 300 g/mol. The van der Waals surface area contributed by atoms with E-state index in [1.54, 1.807) is 36.1 Å². The van der Waals surface area contributed by atoms with Gasteiger partial charge in [0.1, 0.15) is 6.67 Å². The summed E-state index contributed by atoms with van der Waals surface area (Å²) >= 11 is 5.21. The number of H-pyrrole nitrogens is 1. The Morgan fingerprint density at radius 3 is 2.77 bits per heavy atom. The zero-order valence-electron chi connectivity index (χ0n) is 11.9. The van der Waals surface area contributed by atoms with Crippen molar-refractivity contribution in [2.75, 3.05) is 5.32 Å². The molecule has 0 radical (unpaired) electrons. The van der Waals surface area contributed by atoms with Gasteiger partial charge in [-0.2, -0.15) is 4.98 Å². The molecule has 0 spiro atoms. The normalized spacial score (nSPS) is 10.6. The van der Waals surface area contributed by atoms with Crippen LogP contribution in [0.2, 0.25) is 0 Å². The highest BCUT2D eigenvalue weighted by atomic mass is 32.1. The van der Waals surface area contributed by atoms with Crippen molar-refractivity contribution in [3.05, 3.63) is 53.0 Å². The molecule has 0 saturated heterocycles. The van der Waals surface area contributed by atoms with Crippen molar-refractivity contribution < 1.29 is 9.21 Å². The predicted molar refractivity (Wildman–Crippen MR) is 85.2 cm³/mol. The predicted octanol–water partition coefficient (Wildman–Crippen LogP) is 3.47. The van der Waals surface area contributed by atoms with Crippen molar-refractivity contribution >= 4 is 23.7 Å². The molecule has 0 saturated carbocycles. The fourth-order valence-electron chi connectivity index (χ4n) is 1.98. The van der Waals surface area contributed by atoms with Crippen LogP contribution in [0.5, 0.6) is 0 Å². The molecule has 6 nitrogen and oxygen atoms in total. The third-order valence-electron chi connectivity index (χ3n) is 3.17. The lowest BCUT2D eigenvalue weighted by molar-refractivity contribution is 0.101. The molecule has 0 bridgehead atoms. The average Bonchev–Trinajstić information content (AvgIpc) is 3.15. The molecule has 7 heteroatoms. The van der Waals surface area contributed by atoms with E-state index in [4.69, 9.17) is 16.6 Å². The second kappa shape index (κ2) is 5.98. The van der Waals surface area contributed by atoms with Crippen molar-refractivity contribution in [3.8, 4) is 11.6 Å². The van der Waals surface area contributed by atoms with Crippen molar-refractivity contribution in [1.82, 2.24) is 14.8 Å². The summed E-state index contributed by atoms with van der Waals surface area (Å²) in [5, 5.41) is 6.28. The first-order valence-corrected chi connectivity index (χ1v) is 7.10. The van der Waals surface area contributed by atoms with E-state index >= 15 is 0 Å². The maximum absolute atomic E-state index is 11.2. The number of ketones is 1. The average molecular weight is 314 g/mol. The van der Waals surface area contributed by atoms with Crippen molar-refractivity contribution in [2.24, 2.45) is 0 Å². The van der Waals surface area contributed by atoms with Gasteiger partial charge in [-0.25, -0.2) is 4.68 Å². The maximum atomic E-state index is 11.2. The Kier molecular flexibility index (Phi) is 3.88. The van der Waals surface area contributed by atoms with Crippen LogP contribution in [0.25, 0.3) is 11.6 Å². The Balaban J connectivity index is 1.71. The van der Waals surface area contributed by atoms with Gasteiger partial charge in [0.25, 0.3) is 0 Å². The van der Waals surface area contributed by atoms with E-state index in [0.29, 0.717) is 28.6 Å². The number of nitrogens with zero attached hydrogens (tertiary/aromatic N) is 2. The molecule has 0 aliphatic rings. The number of hydrogen-bond donors (Lipinski definition) is 2. The van der Waals surface area contributed by atoms with Gasteiger partial charge in [-0.3, -0.25) is 9.89 Å². The molecule has 0 unspecified atom stereocenters. The van der Waals surface area contributed by atoms with Crippen molar-refractivity contribution in [3.63, 3.8) is 0 Å². The van der Waals surface area contributed by atoms with Crippen LogP contribution >= 0.6 is 12.2 Å². The Morgan fingerprint density at radius 1 is 1.36 bits per heavy atom. The number of aromatic amines is 1. The smallest absolute Gasteiger partial charge is 0.218 e. The number of aromatic nitrogens is 3. The summed E-state index contributed by atoms with van der Waals surface area (Å²) in [7, 11) is 0. The summed E-state index contributed by atoms with van der Waals surface area (Å²) in [4.78, 5) is 15.5. The topological polar surface area (TPSA) is 75.8 Å². The molecule has 22 heavy (non-hydrogen) atoms. The van der Waals surface area contributed by atoms with Gasteiger partial charge in [-0.05, 0) is 55.5 Å². The molecule has 3 rings (SSSR count). The maximum Gasteiger partial charge on any atom is 0.218 e. The van der Waals surface area contributed by atoms with E-state index in [1.165, 1.54) is 0 Å². The minimum atomic E-state index is 0.0467. The lowest BCUT2D eigenvalue weighted by atomic mass is 10.1. The Hall–Kier alpha value is -2.67. The molecule has 0 fully saturated rings. The van der Waals surface area contributed by atoms with Gasteiger partial charge < -0.3 is 9.73 Å². The third-order valence-corrected chi connectivity index (χ3v) is 3.48. The molecular formula is C15H14N4O2S. The van der Waals surface area contributed by atoms with Crippen LogP contribution in [-0.4, -0.2) is 20.5 Å². The number of carbonyl (C=O) groups is 1. The fourth-order valence-corrected chi connectivity index (χ4v) is 2.18. The Labute approximate surface area is 131 Å². The number of nitrogens with one attached hydrogen (secondary N) is 2. The fraction of sp³-hybridized carbons (Fsp3) is 0.133. The quantitative estimate of drug-likeness (QED) is 0.557. The molecule has 3 aromatic rings. The summed E-state index contributed by atoms with van der Waals surface area (Å²) in [6, 6.07) is 10.9. The molecule has 0 aliphatic carbocycles. The third kappa shape index (κ3) is 2.99. The lowest BCUT2D eigenvalue weighted by Gasteiger charge is -2.07. The molecule has 1 aromatic carbocycles. The van der Waals surface area contributed by atoms with Gasteiger partial charge in [0, 0.05) is 11.3 Å². The Morgan fingerprint density at radius 2 is 2.14 bits per heavy atom. The van der Waals surface area contributed by atoms with Crippen LogP contribution in [0, 0.1) is 4.77 Å². The van der Waals surface area contributed by atoms with Gasteiger partial charge >= 0.3 is 0 Å². The first-order chi connectivity index (χ1) is 10.6. The lowest BCUT2D eigenvalue weighted by Crippen LogP contribution is -2.09. The first-order valence-electron chi connectivity index (χ1n) is 6.69. The molecule has 0 aliphatic heterocycles. The van der Waals surface area contributed by atoms with Crippen LogP contribution in [0.4, 0.5) is 5.69 Å². The summed E-state index contributed by atoms with van der Waals surface area (Å²) in [6.45, 7) is 1.98. The number of hydrogen-bond acceptors (Lipinski definition) is 5. The summed E-state index contributed by atoms with van der Waals surface area (Å²) < 4.78 is 7.41. The summed E-state index contributed by atoms with van der Waals surface area (Å²) in [6.07, 6.45) is 1.58. The standard InChI is InChI=1S/C15H14N4O2S/c1-10(20)11-4-6-12(7-5-11)16-9-19-15(22)17-14(18-19)13-3-2-8-21-13/h2-8,16H,9H2,1H3,(H,17,18,22). The van der Waals surface area contributed by atoms with E-state index < -0.39 is 0 Å². The second-order valence-corrected chi connectivity index (χ2v) is 5.09. The highest BCUT2D eigenvalue weighted by Gasteiger charge is 2.07. The number of anilines is 1. The zero-order valence-corrected chi connectivity index (χ0v) is 12.7. The minimum Gasteiger partial charge on any atom is -0.461 e. The van der Waals surface area contributed by atoms with Crippen LogP contribution in [0.3, 0.4) is 0 Å². The largest absolute Gasteiger partial charge is 0.461 e. The number of carbonyl (C=O) groups excluding carboxylic acids is 1. The molecule has 0 amide bonds. The van der Waals surface area contributed by atoms with E-state index in [1.807, 2.05) is 18.2 Å². The summed E-state index contributed by atoms with van der Waals surface area (Å²) in [5.74, 6) is 1.27. The molecule has 0 atom stereocenters. The van der Waals surface area contributed by atoms with Gasteiger partial charge in [-0.15, -0.1) is 0 Å². The minimum absolute atomic E-state index is 0.0467. The summed E-state index contributed by atoms with van der Waals surface area (Å²) in [5.41, 5.74) is 1.57. The van der Waals surface area contributed by atoms with Crippen LogP contribution in [-0.2, 0) is 6.67 Å². The zero-order chi connectivity index (χ0) is 15.5. The van der Waals surface area contributed by atoms with Crippen LogP contribution in [0.15, 0.2) is 47.1 Å². The number of furan rings is 1. The van der Waals surface area contributed by atoms with E-state index in [2.05, 4.69) is 15.4 Å². The van der Waals surface area contributed by atoms with E-state index in [0.717, 1.165) is 5.69 Å². The highest BCUT2D eigenvalue weighted by Crippen LogP contribution is 2.15. The monoisotopic (exact) mass is 314 g/mol. The number of rotatable bonds is 5. The first kappa shape index (κ1) is 14.3. The molecule has 2 heterocycles. The second-order valence-electron chi connectivity index (χ2n) is 4.73. The Bertz CT molecular complexity index is 831. The SMILES string of the molecule is CC(=O)c1ccc(NCn2[nH]c(-c3ccco3)nc2=S)cc1. The highest BCUT2D eigenvalue weighted by molar-refractivity contribution is 7.71. The van der Waals surface area contributed by atoms with Gasteiger partial charge in [-0.1, -0.05) is 0 Å². The van der Waals surface area contributed by atoms with Crippen LogP contribution in [0.1, 0.15) is 17.3 Å². The van der Waals surface area contributed by atoms with Gasteiger partial charge in [0.05, 0.1) is 6.26 Å². The van der Waals surface area contributed by atoms with Gasteiger partial charge in [0.2, 0.25) is 4.77 Å². The van der Waals surface area contributed by atoms with E-state index in [-0.39, 0.29) is 5.78 Å². The molecule has 112 valence electrons. The number of Topliss-reactive ketones (excluding diaryl/α,β-unsaturated/α-hetero) is 1.